The minimum atomic E-state index is -0.832. The Labute approximate surface area is 230 Å². The molecule has 0 unspecified atom stereocenters. The number of rotatable bonds is 4. The van der Waals surface area contributed by atoms with Gasteiger partial charge in [0.1, 0.15) is 0 Å². The third-order valence-electron chi connectivity index (χ3n) is 8.73. The van der Waals surface area contributed by atoms with Crippen LogP contribution < -0.4 is 0 Å². The molecule has 0 aromatic heterocycles. The summed E-state index contributed by atoms with van der Waals surface area (Å²) in [5.74, 6) is 0.840. The third-order valence-corrected chi connectivity index (χ3v) is 10.7. The van der Waals surface area contributed by atoms with E-state index in [2.05, 4.69) is 72.8 Å². The number of carbonyl (C=O) groups excluding carboxylic acids is 2. The second kappa shape index (κ2) is 8.86. The number of Topliss-reactive ketones (excluding diaryl/α,β-unsaturated/α-hetero) is 1. The molecule has 2 bridgehead atoms. The van der Waals surface area contributed by atoms with Crippen LogP contribution in [0.2, 0.25) is 0 Å². The molecule has 0 N–H and O–H groups in total. The molecule has 0 heterocycles. The molecule has 0 saturated heterocycles. The number of hydrogen-bond acceptors (Lipinski definition) is 4. The Balaban J connectivity index is 1.67. The van der Waals surface area contributed by atoms with E-state index in [1.807, 2.05) is 42.7 Å². The number of fused-ring (bicyclic) bond motifs is 10. The molecule has 0 radical (unpaired) electrons. The van der Waals surface area contributed by atoms with Crippen LogP contribution in [-0.4, -0.2) is 22.2 Å². The predicted molar refractivity (Wildman–Crippen MR) is 160 cm³/mol. The van der Waals surface area contributed by atoms with Crippen LogP contribution in [0, 0.1) is 5.92 Å². The summed E-state index contributed by atoms with van der Waals surface area (Å²) in [6, 6.07) is 37.8. The van der Waals surface area contributed by atoms with Crippen LogP contribution in [0.5, 0.6) is 0 Å². The monoisotopic (exact) mass is 530 g/mol. The van der Waals surface area contributed by atoms with Crippen molar-refractivity contribution in [3.8, 4) is 0 Å². The number of benzene rings is 5. The minimum absolute atomic E-state index is 0.0178. The summed E-state index contributed by atoms with van der Waals surface area (Å²) in [6.45, 7) is 0. The fourth-order valence-corrected chi connectivity index (χ4v) is 8.79. The van der Waals surface area contributed by atoms with E-state index < -0.39 is 10.8 Å². The van der Waals surface area contributed by atoms with Gasteiger partial charge >= 0.3 is 0 Å². The Kier molecular flexibility index (Phi) is 5.54. The van der Waals surface area contributed by atoms with E-state index in [4.69, 9.17) is 0 Å². The fourth-order valence-electron chi connectivity index (χ4n) is 7.40. The van der Waals surface area contributed by atoms with Gasteiger partial charge in [-0.25, -0.2) is 0 Å². The van der Waals surface area contributed by atoms with Crippen molar-refractivity contribution in [3.63, 3.8) is 0 Å². The molecule has 0 amide bonds. The molecule has 1 saturated carbocycles. The highest BCUT2D eigenvalue weighted by Gasteiger charge is 2.71. The Bertz CT molecular complexity index is 1730. The van der Waals surface area contributed by atoms with Gasteiger partial charge in [0, 0.05) is 5.75 Å². The number of hydrogen-bond donors (Lipinski definition) is 0. The molecule has 2 nitrogen and oxygen atoms in total. The number of thioether (sulfide) groups is 2. The first-order valence-corrected chi connectivity index (χ1v) is 15.2. The van der Waals surface area contributed by atoms with Gasteiger partial charge in [-0.1, -0.05) is 133 Å². The van der Waals surface area contributed by atoms with Gasteiger partial charge in [-0.15, -0.1) is 0 Å². The summed E-state index contributed by atoms with van der Waals surface area (Å²) in [5.41, 5.74) is 2.77. The number of carbonyl (C=O) groups is 2. The summed E-state index contributed by atoms with van der Waals surface area (Å²) >= 11 is 2.61. The highest BCUT2D eigenvalue weighted by molar-refractivity contribution is 8.38. The highest BCUT2D eigenvalue weighted by atomic mass is 32.2. The summed E-state index contributed by atoms with van der Waals surface area (Å²) in [4.78, 5) is 27.9. The van der Waals surface area contributed by atoms with Crippen molar-refractivity contribution in [3.05, 3.63) is 131 Å². The van der Waals surface area contributed by atoms with Crippen molar-refractivity contribution in [2.75, 3.05) is 12.0 Å². The van der Waals surface area contributed by atoms with Gasteiger partial charge in [0.2, 0.25) is 4.45 Å². The SMILES string of the molecule is CSC(=O)SC[C@H]1C[C@]2(c3ccccc3)C(=O)[C@@]1(c1ccccc1)c1c2c2ccccc2c2ccccc12. The first kappa shape index (κ1) is 23.8. The van der Waals surface area contributed by atoms with E-state index in [0.29, 0.717) is 12.2 Å². The average Bonchev–Trinajstić information content (AvgIpc) is 3.38. The highest BCUT2D eigenvalue weighted by Crippen LogP contribution is 2.68. The molecule has 4 heteroatoms. The third kappa shape index (κ3) is 2.99. The van der Waals surface area contributed by atoms with Gasteiger partial charge in [0.15, 0.2) is 5.78 Å². The zero-order chi connectivity index (χ0) is 25.9. The van der Waals surface area contributed by atoms with Crippen molar-refractivity contribution in [1.82, 2.24) is 0 Å². The Morgan fingerprint density at radius 2 is 1.21 bits per heavy atom. The van der Waals surface area contributed by atoms with Crippen molar-refractivity contribution in [2.24, 2.45) is 5.92 Å². The maximum absolute atomic E-state index is 15.4. The lowest BCUT2D eigenvalue weighted by atomic mass is 9.64. The van der Waals surface area contributed by atoms with Crippen LogP contribution in [0.25, 0.3) is 21.5 Å². The van der Waals surface area contributed by atoms with Crippen molar-refractivity contribution in [1.29, 1.82) is 0 Å². The average molecular weight is 531 g/mol. The Morgan fingerprint density at radius 1 is 0.711 bits per heavy atom. The van der Waals surface area contributed by atoms with E-state index in [1.54, 1.807) is 0 Å². The van der Waals surface area contributed by atoms with Crippen molar-refractivity contribution < 1.29 is 9.59 Å². The maximum Gasteiger partial charge on any atom is 0.245 e. The first-order valence-electron chi connectivity index (χ1n) is 12.9. The summed E-state index contributed by atoms with van der Waals surface area (Å²) in [5, 5.41) is 4.65. The molecule has 3 atom stereocenters. The zero-order valence-corrected chi connectivity index (χ0v) is 22.6. The van der Waals surface area contributed by atoms with Gasteiger partial charge in [0.05, 0.1) is 10.8 Å². The van der Waals surface area contributed by atoms with Gasteiger partial charge in [-0.2, -0.15) is 0 Å². The Hall–Kier alpha value is -3.34. The zero-order valence-electron chi connectivity index (χ0n) is 21.0. The lowest BCUT2D eigenvalue weighted by Gasteiger charge is -2.38. The van der Waals surface area contributed by atoms with Crippen LogP contribution in [-0.2, 0) is 15.6 Å². The standard InChI is InChI=1S/C34H26O2S2/c1-37-32(36)38-21-24-20-33(22-12-4-2-5-13-22)29-27-18-10-8-16-25(27)26-17-9-11-19-28(26)30(29)34(24,31(33)35)23-14-6-3-7-15-23/h2-19,24H,20-21H2,1H3/t24-,33-,34-/m1/s1. The fraction of sp³-hybridized carbons (Fsp3) is 0.176. The van der Waals surface area contributed by atoms with E-state index in [-0.39, 0.29) is 16.1 Å². The molecular weight excluding hydrogens is 505 g/mol. The molecule has 186 valence electrons. The largest absolute Gasteiger partial charge is 0.297 e. The van der Waals surface area contributed by atoms with E-state index in [1.165, 1.54) is 34.3 Å². The molecule has 5 aromatic carbocycles. The number of ketones is 1. The molecule has 0 spiro atoms. The van der Waals surface area contributed by atoms with Crippen molar-refractivity contribution in [2.45, 2.75) is 17.3 Å². The smallest absolute Gasteiger partial charge is 0.245 e. The van der Waals surface area contributed by atoms with E-state index in [9.17, 15) is 4.79 Å². The molecular formula is C34H26O2S2. The van der Waals surface area contributed by atoms with Crippen LogP contribution in [0.1, 0.15) is 28.7 Å². The molecule has 38 heavy (non-hydrogen) atoms. The van der Waals surface area contributed by atoms with E-state index >= 15 is 4.79 Å². The molecule has 7 rings (SSSR count). The summed E-state index contributed by atoms with van der Waals surface area (Å²) in [6.07, 6.45) is 2.52. The van der Waals surface area contributed by atoms with Crippen LogP contribution in [0.4, 0.5) is 4.79 Å². The minimum Gasteiger partial charge on any atom is -0.297 e. The van der Waals surface area contributed by atoms with Gasteiger partial charge in [-0.05, 0) is 62.4 Å². The Morgan fingerprint density at radius 3 is 1.79 bits per heavy atom. The second-order valence-electron chi connectivity index (χ2n) is 10.3. The second-order valence-corrected chi connectivity index (χ2v) is 12.3. The molecule has 2 aliphatic carbocycles. The van der Waals surface area contributed by atoms with Crippen LogP contribution in [0.15, 0.2) is 109 Å². The molecule has 2 aliphatic rings. The molecule has 1 fully saturated rings. The predicted octanol–water partition coefficient (Wildman–Crippen LogP) is 8.38. The topological polar surface area (TPSA) is 34.1 Å². The molecule has 0 aliphatic heterocycles. The normalized spacial score (nSPS) is 23.7. The van der Waals surface area contributed by atoms with Gasteiger partial charge in [0.25, 0.3) is 0 Å². The van der Waals surface area contributed by atoms with Gasteiger partial charge in [-0.3, -0.25) is 9.59 Å². The maximum atomic E-state index is 15.4. The van der Waals surface area contributed by atoms with Crippen LogP contribution in [0.3, 0.4) is 0 Å². The molecule has 5 aromatic rings. The quantitative estimate of drug-likeness (QED) is 0.219. The lowest BCUT2D eigenvalue weighted by molar-refractivity contribution is -0.123. The van der Waals surface area contributed by atoms with Crippen LogP contribution >= 0.6 is 23.5 Å². The lowest BCUT2D eigenvalue weighted by Crippen LogP contribution is -2.39. The summed E-state index contributed by atoms with van der Waals surface area (Å²) in [7, 11) is 0. The van der Waals surface area contributed by atoms with E-state index in [0.717, 1.165) is 33.0 Å². The van der Waals surface area contributed by atoms with Gasteiger partial charge < -0.3 is 0 Å². The van der Waals surface area contributed by atoms with Crippen molar-refractivity contribution >= 4 is 55.3 Å². The first-order chi connectivity index (χ1) is 18.6. The summed E-state index contributed by atoms with van der Waals surface area (Å²) < 4.78 is 0.0980.